The van der Waals surface area contributed by atoms with Crippen LogP contribution in [0.15, 0.2) is 12.4 Å². The molecule has 0 spiro atoms. The van der Waals surface area contributed by atoms with Gasteiger partial charge in [-0.15, -0.1) is 0 Å². The van der Waals surface area contributed by atoms with Gasteiger partial charge in [-0.25, -0.2) is 9.97 Å². The van der Waals surface area contributed by atoms with Crippen molar-refractivity contribution in [3.63, 3.8) is 0 Å². The molecule has 7 heteroatoms. The number of aromatic nitrogens is 2. The van der Waals surface area contributed by atoms with Crippen molar-refractivity contribution < 1.29 is 13.2 Å². The molecule has 0 amide bonds. The zero-order valence-electron chi connectivity index (χ0n) is 8.39. The number of rotatable bonds is 5. The number of halogens is 4. The van der Waals surface area contributed by atoms with Crippen LogP contribution in [0.1, 0.15) is 12.1 Å². The minimum Gasteiger partial charge on any atom is -0.370 e. The van der Waals surface area contributed by atoms with Gasteiger partial charge in [-0.2, -0.15) is 13.2 Å². The molecule has 0 aliphatic rings. The molecule has 0 radical (unpaired) electrons. The van der Waals surface area contributed by atoms with Crippen LogP contribution in [-0.4, -0.2) is 28.0 Å². The van der Waals surface area contributed by atoms with Crippen LogP contribution in [0.3, 0.4) is 0 Å². The summed E-state index contributed by atoms with van der Waals surface area (Å²) in [5.41, 5.74) is -0.0242. The first-order valence-electron chi connectivity index (χ1n) is 4.69. The largest absolute Gasteiger partial charge is 0.394 e. The van der Waals surface area contributed by atoms with Crippen molar-refractivity contribution >= 4 is 21.7 Å². The minimum absolute atomic E-state index is 0.0242. The Bertz CT molecular complexity index is 330. The Labute approximate surface area is 99.6 Å². The van der Waals surface area contributed by atoms with E-state index in [1.54, 1.807) is 0 Å². The Morgan fingerprint density at radius 2 is 2.06 bits per heavy atom. The maximum Gasteiger partial charge on any atom is 0.394 e. The van der Waals surface area contributed by atoms with Gasteiger partial charge < -0.3 is 5.32 Å². The van der Waals surface area contributed by atoms with Gasteiger partial charge in [0, 0.05) is 17.9 Å². The second-order valence-electron chi connectivity index (χ2n) is 3.16. The van der Waals surface area contributed by atoms with E-state index in [0.29, 0.717) is 12.4 Å². The lowest BCUT2D eigenvalue weighted by Gasteiger charge is -2.07. The van der Waals surface area contributed by atoms with E-state index in [0.717, 1.165) is 18.1 Å². The number of anilines is 1. The smallest absolute Gasteiger partial charge is 0.370 e. The second kappa shape index (κ2) is 6.03. The van der Waals surface area contributed by atoms with Crippen LogP contribution in [0.25, 0.3) is 0 Å². The van der Waals surface area contributed by atoms with E-state index in [2.05, 4.69) is 31.2 Å². The summed E-state index contributed by atoms with van der Waals surface area (Å²) in [5, 5.41) is 3.76. The van der Waals surface area contributed by atoms with Crippen molar-refractivity contribution in [2.24, 2.45) is 0 Å². The molecule has 1 rings (SSSR count). The van der Waals surface area contributed by atoms with Gasteiger partial charge in [0.15, 0.2) is 0 Å². The summed E-state index contributed by atoms with van der Waals surface area (Å²) >= 11 is 3.26. The van der Waals surface area contributed by atoms with E-state index in [9.17, 15) is 13.2 Å². The van der Waals surface area contributed by atoms with E-state index in [1.165, 1.54) is 6.07 Å². The zero-order chi connectivity index (χ0) is 12.0. The highest BCUT2D eigenvalue weighted by atomic mass is 79.9. The molecule has 0 saturated carbocycles. The molecule has 0 atom stereocenters. The molecule has 1 heterocycles. The first-order valence-corrected chi connectivity index (χ1v) is 5.81. The van der Waals surface area contributed by atoms with Gasteiger partial charge in [0.2, 0.25) is 0 Å². The zero-order valence-corrected chi connectivity index (χ0v) is 9.98. The monoisotopic (exact) mass is 297 g/mol. The Balaban J connectivity index is 2.57. The van der Waals surface area contributed by atoms with Crippen molar-refractivity contribution in [1.82, 2.24) is 9.97 Å². The second-order valence-corrected chi connectivity index (χ2v) is 3.95. The molecule has 3 nitrogen and oxygen atoms in total. The molecule has 1 N–H and O–H groups in total. The van der Waals surface area contributed by atoms with E-state index in [1.807, 2.05) is 0 Å². The summed E-state index contributed by atoms with van der Waals surface area (Å²) in [6, 6.07) is 1.32. The summed E-state index contributed by atoms with van der Waals surface area (Å²) in [5.74, 6) is 0.426. The third-order valence-electron chi connectivity index (χ3n) is 1.72. The topological polar surface area (TPSA) is 37.8 Å². The van der Waals surface area contributed by atoms with Gasteiger partial charge >= 0.3 is 6.18 Å². The van der Waals surface area contributed by atoms with Gasteiger partial charge in [0.25, 0.3) is 0 Å². The van der Waals surface area contributed by atoms with Crippen LogP contribution >= 0.6 is 15.9 Å². The predicted octanol–water partition coefficient (Wildman–Crippen LogP) is 2.78. The lowest BCUT2D eigenvalue weighted by molar-refractivity contribution is -0.127. The number of alkyl halides is 4. The molecule has 1 aromatic heterocycles. The minimum atomic E-state index is -4.23. The van der Waals surface area contributed by atoms with Gasteiger partial charge in [-0.05, 0) is 6.42 Å². The Kier molecular flexibility index (Phi) is 4.98. The molecule has 0 fully saturated rings. The van der Waals surface area contributed by atoms with E-state index >= 15 is 0 Å². The summed E-state index contributed by atoms with van der Waals surface area (Å²) in [6.07, 6.45) is -3.25. The number of nitrogens with zero attached hydrogens (tertiary/aromatic N) is 2. The quantitative estimate of drug-likeness (QED) is 0.671. The predicted molar refractivity (Wildman–Crippen MR) is 58.7 cm³/mol. The van der Waals surface area contributed by atoms with Crippen molar-refractivity contribution in [1.29, 1.82) is 0 Å². The van der Waals surface area contributed by atoms with Crippen molar-refractivity contribution in [3.8, 4) is 0 Å². The molecule has 0 saturated heterocycles. The van der Waals surface area contributed by atoms with Gasteiger partial charge in [-0.3, -0.25) is 0 Å². The highest BCUT2D eigenvalue weighted by Gasteiger charge is 2.28. The Hall–Kier alpha value is -0.850. The molecule has 0 aromatic carbocycles. The third-order valence-corrected chi connectivity index (χ3v) is 2.28. The maximum absolute atomic E-state index is 12.1. The Morgan fingerprint density at radius 3 is 2.69 bits per heavy atom. The van der Waals surface area contributed by atoms with Crippen molar-refractivity contribution in [3.05, 3.63) is 18.1 Å². The van der Waals surface area contributed by atoms with Crippen molar-refractivity contribution in [2.75, 3.05) is 17.2 Å². The van der Waals surface area contributed by atoms with Gasteiger partial charge in [0.1, 0.15) is 12.1 Å². The third kappa shape index (κ3) is 5.29. The van der Waals surface area contributed by atoms with Crippen LogP contribution in [0.5, 0.6) is 0 Å². The van der Waals surface area contributed by atoms with Crippen LogP contribution in [0.2, 0.25) is 0 Å². The highest BCUT2D eigenvalue weighted by molar-refractivity contribution is 9.09. The molecular formula is C9H11BrF3N3. The molecule has 0 bridgehead atoms. The van der Waals surface area contributed by atoms with Crippen LogP contribution in [0.4, 0.5) is 19.0 Å². The first kappa shape index (κ1) is 13.2. The summed E-state index contributed by atoms with van der Waals surface area (Å²) in [4.78, 5) is 7.41. The van der Waals surface area contributed by atoms with E-state index in [4.69, 9.17) is 0 Å². The lowest BCUT2D eigenvalue weighted by atomic mass is 10.3. The normalized spacial score (nSPS) is 11.5. The molecule has 0 unspecified atom stereocenters. The van der Waals surface area contributed by atoms with Crippen LogP contribution in [-0.2, 0) is 6.42 Å². The molecule has 16 heavy (non-hydrogen) atoms. The van der Waals surface area contributed by atoms with Gasteiger partial charge in [-0.1, -0.05) is 15.9 Å². The molecular weight excluding hydrogens is 287 g/mol. The maximum atomic E-state index is 12.1. The fourth-order valence-corrected chi connectivity index (χ4v) is 1.36. The molecule has 0 aliphatic heterocycles. The number of nitrogens with one attached hydrogen (secondary N) is 1. The molecule has 1 aromatic rings. The first-order chi connectivity index (χ1) is 7.51. The lowest BCUT2D eigenvalue weighted by Crippen LogP contribution is -2.13. The highest BCUT2D eigenvalue weighted by Crippen LogP contribution is 2.20. The molecule has 90 valence electrons. The van der Waals surface area contributed by atoms with Crippen molar-refractivity contribution in [2.45, 2.75) is 19.0 Å². The fraction of sp³-hybridized carbons (Fsp3) is 0.556. The Morgan fingerprint density at radius 1 is 1.31 bits per heavy atom. The summed E-state index contributed by atoms with van der Waals surface area (Å²) in [6.45, 7) is 0.660. The standard InChI is InChI=1S/C9H11BrF3N3/c10-2-1-3-14-8-4-7(15-6-16-8)5-9(11,12)13/h4,6H,1-3,5H2,(H,14,15,16). The number of hydrogen-bond acceptors (Lipinski definition) is 3. The van der Waals surface area contributed by atoms with Gasteiger partial charge in [0.05, 0.1) is 12.1 Å². The number of hydrogen-bond donors (Lipinski definition) is 1. The molecule has 0 aliphatic carbocycles. The average molecular weight is 298 g/mol. The van der Waals surface area contributed by atoms with E-state index in [-0.39, 0.29) is 5.69 Å². The SMILES string of the molecule is FC(F)(F)Cc1cc(NCCCBr)ncn1. The summed E-state index contributed by atoms with van der Waals surface area (Å²) < 4.78 is 36.3. The van der Waals surface area contributed by atoms with E-state index < -0.39 is 12.6 Å². The summed E-state index contributed by atoms with van der Waals surface area (Å²) in [7, 11) is 0. The van der Waals surface area contributed by atoms with Crippen LogP contribution < -0.4 is 5.32 Å². The average Bonchev–Trinajstić information content (AvgIpc) is 2.16. The fourth-order valence-electron chi connectivity index (χ4n) is 1.08. The van der Waals surface area contributed by atoms with Crippen LogP contribution in [0, 0.1) is 0 Å².